The summed E-state index contributed by atoms with van der Waals surface area (Å²) in [5, 5.41) is 2.61. The van der Waals surface area contributed by atoms with E-state index < -0.39 is 28.0 Å². The van der Waals surface area contributed by atoms with Gasteiger partial charge in [-0.05, 0) is 76.1 Å². The van der Waals surface area contributed by atoms with Crippen LogP contribution in [0.2, 0.25) is 0 Å². The summed E-state index contributed by atoms with van der Waals surface area (Å²) in [6.07, 6.45) is -1.02. The lowest BCUT2D eigenvalue weighted by Gasteiger charge is -2.15. The van der Waals surface area contributed by atoms with Crippen molar-refractivity contribution in [3.05, 3.63) is 59.2 Å². The molecule has 0 unspecified atom stereocenters. The van der Waals surface area contributed by atoms with Gasteiger partial charge in [0, 0.05) is 11.7 Å². The number of esters is 1. The topological polar surface area (TPSA) is 102 Å². The first-order valence-electron chi connectivity index (χ1n) is 9.21. The Bertz CT molecular complexity index is 998. The molecule has 0 saturated carbocycles. The monoisotopic (exact) mass is 418 g/mol. The molecule has 2 aromatic rings. The van der Waals surface area contributed by atoms with Crippen LogP contribution < -0.4 is 10.0 Å². The Morgan fingerprint density at radius 2 is 1.59 bits per heavy atom. The second-order valence-electron chi connectivity index (χ2n) is 7.08. The molecule has 0 spiro atoms. The number of hydrogen-bond donors (Lipinski definition) is 2. The van der Waals surface area contributed by atoms with E-state index in [1.165, 1.54) is 31.2 Å². The summed E-state index contributed by atoms with van der Waals surface area (Å²) >= 11 is 0. The van der Waals surface area contributed by atoms with Crippen molar-refractivity contribution in [2.75, 3.05) is 5.32 Å². The second-order valence-corrected chi connectivity index (χ2v) is 8.80. The minimum atomic E-state index is -3.61. The molecule has 0 bridgehead atoms. The normalized spacial score (nSPS) is 12.5. The predicted molar refractivity (Wildman–Crippen MR) is 111 cm³/mol. The van der Waals surface area contributed by atoms with E-state index in [2.05, 4.69) is 10.0 Å². The van der Waals surface area contributed by atoms with Crippen LogP contribution in [0.1, 0.15) is 42.3 Å². The molecule has 0 aliphatic carbocycles. The Morgan fingerprint density at radius 1 is 0.966 bits per heavy atom. The first-order valence-corrected chi connectivity index (χ1v) is 10.7. The van der Waals surface area contributed by atoms with Crippen LogP contribution in [-0.4, -0.2) is 32.4 Å². The number of anilines is 1. The Kier molecular flexibility index (Phi) is 7.16. The Hall–Kier alpha value is -2.71. The van der Waals surface area contributed by atoms with Crippen molar-refractivity contribution < 1.29 is 22.7 Å². The van der Waals surface area contributed by atoms with E-state index in [0.717, 1.165) is 11.1 Å². The maximum absolute atomic E-state index is 12.4. The lowest BCUT2D eigenvalue weighted by Crippen LogP contribution is -2.31. The summed E-state index contributed by atoms with van der Waals surface area (Å²) in [5.74, 6) is -1.09. The summed E-state index contributed by atoms with van der Waals surface area (Å²) in [7, 11) is -3.61. The maximum atomic E-state index is 12.4. The Balaban J connectivity index is 2.02. The molecule has 8 heteroatoms. The predicted octanol–water partition coefficient (Wildman–Crippen LogP) is 3.17. The molecule has 2 aromatic carbocycles. The number of hydrogen-bond acceptors (Lipinski definition) is 5. The fourth-order valence-electron chi connectivity index (χ4n) is 2.59. The van der Waals surface area contributed by atoms with Gasteiger partial charge in [-0.1, -0.05) is 12.1 Å². The summed E-state index contributed by atoms with van der Waals surface area (Å²) in [4.78, 5) is 24.8. The molecule has 0 saturated heterocycles. The largest absolute Gasteiger partial charge is 0.449 e. The maximum Gasteiger partial charge on any atom is 0.339 e. The van der Waals surface area contributed by atoms with Gasteiger partial charge in [-0.25, -0.2) is 17.9 Å². The first-order chi connectivity index (χ1) is 13.5. The summed E-state index contributed by atoms with van der Waals surface area (Å²) in [5.41, 5.74) is 2.57. The van der Waals surface area contributed by atoms with Crippen molar-refractivity contribution in [1.82, 2.24) is 4.72 Å². The number of rotatable bonds is 7. The van der Waals surface area contributed by atoms with Gasteiger partial charge in [0.05, 0.1) is 10.5 Å². The third-order valence-corrected chi connectivity index (χ3v) is 5.98. The fraction of sp³-hybridized carbons (Fsp3) is 0.333. The highest BCUT2D eigenvalue weighted by Crippen LogP contribution is 2.17. The highest BCUT2D eigenvalue weighted by molar-refractivity contribution is 7.89. The van der Waals surface area contributed by atoms with Gasteiger partial charge in [0.1, 0.15) is 0 Å². The van der Waals surface area contributed by atoms with Crippen molar-refractivity contribution in [1.29, 1.82) is 0 Å². The van der Waals surface area contributed by atoms with Gasteiger partial charge in [-0.2, -0.15) is 0 Å². The van der Waals surface area contributed by atoms with Gasteiger partial charge in [-0.15, -0.1) is 0 Å². The minimum absolute atomic E-state index is 0.0959. The number of carbonyl (C=O) groups is 2. The number of ether oxygens (including phenoxy) is 1. The lowest BCUT2D eigenvalue weighted by atomic mass is 10.0. The van der Waals surface area contributed by atoms with Crippen molar-refractivity contribution in [3.63, 3.8) is 0 Å². The molecular formula is C21H26N2O5S. The van der Waals surface area contributed by atoms with Crippen molar-refractivity contribution in [3.8, 4) is 0 Å². The van der Waals surface area contributed by atoms with E-state index in [1.807, 2.05) is 19.9 Å². The molecule has 0 radical (unpaired) electrons. The lowest BCUT2D eigenvalue weighted by molar-refractivity contribution is -0.123. The van der Waals surface area contributed by atoms with Crippen LogP contribution in [0.4, 0.5) is 5.69 Å². The molecule has 0 aliphatic heterocycles. The van der Waals surface area contributed by atoms with Crippen LogP contribution in [0.3, 0.4) is 0 Å². The number of amides is 1. The zero-order chi connectivity index (χ0) is 21.8. The van der Waals surface area contributed by atoms with E-state index >= 15 is 0 Å². The van der Waals surface area contributed by atoms with Gasteiger partial charge in [0.2, 0.25) is 10.0 Å². The first kappa shape index (κ1) is 22.6. The Morgan fingerprint density at radius 3 is 2.17 bits per heavy atom. The molecule has 0 aliphatic rings. The quantitative estimate of drug-likeness (QED) is 0.673. The standard InChI is InChI=1S/C21H26N2O5S/c1-13(2)23-29(26,27)18-11-9-17(10-12-18)22-20(24)16(5)28-21(25)19-8-6-7-14(3)15(19)4/h6-13,16,23H,1-5H3,(H,22,24)/t16-/m1/s1. The second kappa shape index (κ2) is 9.19. The van der Waals surface area contributed by atoms with Crippen LogP contribution in [0.5, 0.6) is 0 Å². The van der Waals surface area contributed by atoms with Crippen LogP contribution in [0.15, 0.2) is 47.4 Å². The third-order valence-electron chi connectivity index (χ3n) is 4.30. The van der Waals surface area contributed by atoms with E-state index in [4.69, 9.17) is 4.74 Å². The third kappa shape index (κ3) is 5.88. The zero-order valence-electron chi connectivity index (χ0n) is 17.1. The summed E-state index contributed by atoms with van der Waals surface area (Å²) < 4.78 is 32.0. The molecule has 0 aromatic heterocycles. The number of benzene rings is 2. The molecule has 0 fully saturated rings. The van der Waals surface area contributed by atoms with Crippen LogP contribution in [-0.2, 0) is 19.6 Å². The number of aryl methyl sites for hydroxylation is 1. The number of nitrogens with one attached hydrogen (secondary N) is 2. The van der Waals surface area contributed by atoms with Crippen molar-refractivity contribution in [2.24, 2.45) is 0 Å². The molecule has 1 atom stereocenters. The van der Waals surface area contributed by atoms with Crippen molar-refractivity contribution in [2.45, 2.75) is 51.7 Å². The fourth-order valence-corrected chi connectivity index (χ4v) is 3.84. The van der Waals surface area contributed by atoms with E-state index in [1.54, 1.807) is 26.0 Å². The smallest absolute Gasteiger partial charge is 0.339 e. The average Bonchev–Trinajstić information content (AvgIpc) is 2.63. The van der Waals surface area contributed by atoms with E-state index in [-0.39, 0.29) is 10.9 Å². The molecule has 29 heavy (non-hydrogen) atoms. The molecule has 1 amide bonds. The number of sulfonamides is 1. The highest BCUT2D eigenvalue weighted by atomic mass is 32.2. The molecule has 0 heterocycles. The highest BCUT2D eigenvalue weighted by Gasteiger charge is 2.21. The van der Waals surface area contributed by atoms with Gasteiger partial charge < -0.3 is 10.1 Å². The molecule has 2 rings (SSSR count). The van der Waals surface area contributed by atoms with E-state index in [0.29, 0.717) is 11.3 Å². The molecule has 156 valence electrons. The van der Waals surface area contributed by atoms with Crippen LogP contribution >= 0.6 is 0 Å². The molecular weight excluding hydrogens is 392 g/mol. The molecule has 7 nitrogen and oxygen atoms in total. The van der Waals surface area contributed by atoms with Crippen LogP contribution in [0, 0.1) is 13.8 Å². The number of carbonyl (C=O) groups excluding carboxylic acids is 2. The minimum Gasteiger partial charge on any atom is -0.449 e. The van der Waals surface area contributed by atoms with Crippen molar-refractivity contribution >= 4 is 27.6 Å². The van der Waals surface area contributed by atoms with Gasteiger partial charge >= 0.3 is 5.97 Å². The Labute approximate surface area is 171 Å². The molecule has 2 N–H and O–H groups in total. The van der Waals surface area contributed by atoms with Gasteiger partial charge in [0.25, 0.3) is 5.91 Å². The van der Waals surface area contributed by atoms with E-state index in [9.17, 15) is 18.0 Å². The SMILES string of the molecule is Cc1cccc(C(=O)O[C@H](C)C(=O)Nc2ccc(S(=O)(=O)NC(C)C)cc2)c1C. The van der Waals surface area contributed by atoms with Gasteiger partial charge in [-0.3, -0.25) is 4.79 Å². The summed E-state index contributed by atoms with van der Waals surface area (Å²) in [6, 6.07) is 10.8. The van der Waals surface area contributed by atoms with Gasteiger partial charge in [0.15, 0.2) is 6.10 Å². The average molecular weight is 419 g/mol. The van der Waals surface area contributed by atoms with Crippen LogP contribution in [0.25, 0.3) is 0 Å². The summed E-state index contributed by atoms with van der Waals surface area (Å²) in [6.45, 7) is 8.65. The zero-order valence-corrected chi connectivity index (χ0v) is 18.0.